The summed E-state index contributed by atoms with van der Waals surface area (Å²) in [6.45, 7) is 8.79. The molecule has 0 saturated carbocycles. The van der Waals surface area contributed by atoms with Crippen LogP contribution in [0.3, 0.4) is 0 Å². The van der Waals surface area contributed by atoms with E-state index in [4.69, 9.17) is 4.74 Å². The molecule has 0 aliphatic carbocycles. The minimum atomic E-state index is 0.185. The zero-order valence-electron chi connectivity index (χ0n) is 11.1. The average Bonchev–Trinajstić information content (AvgIpc) is 2.29. The van der Waals surface area contributed by atoms with E-state index in [2.05, 4.69) is 50.4 Å². The van der Waals surface area contributed by atoms with E-state index in [0.29, 0.717) is 6.10 Å². The number of hydrogen-bond donors (Lipinski definition) is 1. The zero-order chi connectivity index (χ0) is 12.3. The maximum Gasteiger partial charge on any atom is 0.120 e. The Morgan fingerprint density at radius 3 is 2.76 bits per heavy atom. The molecule has 1 aliphatic rings. The van der Waals surface area contributed by atoms with Gasteiger partial charge in [0.2, 0.25) is 0 Å². The third kappa shape index (κ3) is 3.47. The molecule has 2 heteroatoms. The van der Waals surface area contributed by atoms with Gasteiger partial charge in [-0.3, -0.25) is 0 Å². The lowest BCUT2D eigenvalue weighted by Gasteiger charge is -2.25. The third-order valence-electron chi connectivity index (χ3n) is 3.25. The second-order valence-corrected chi connectivity index (χ2v) is 5.86. The van der Waals surface area contributed by atoms with Gasteiger partial charge in [-0.05, 0) is 42.5 Å². The molecule has 0 unspecified atom stereocenters. The van der Waals surface area contributed by atoms with Crippen molar-refractivity contribution in [2.75, 3.05) is 13.1 Å². The predicted molar refractivity (Wildman–Crippen MR) is 71.7 cm³/mol. The molecular formula is C15H23NO. The monoisotopic (exact) mass is 233 g/mol. The molecule has 1 fully saturated rings. The van der Waals surface area contributed by atoms with Crippen molar-refractivity contribution in [3.8, 4) is 5.75 Å². The van der Waals surface area contributed by atoms with Gasteiger partial charge in [0.15, 0.2) is 0 Å². The Bertz CT molecular complexity index is 361. The van der Waals surface area contributed by atoms with E-state index >= 15 is 0 Å². The molecule has 94 valence electrons. The summed E-state index contributed by atoms with van der Waals surface area (Å²) in [5.41, 5.74) is 1.52. The normalized spacial score (nSPS) is 21.2. The van der Waals surface area contributed by atoms with E-state index in [1.807, 2.05) is 0 Å². The number of rotatable bonds is 2. The molecule has 1 saturated heterocycles. The molecule has 17 heavy (non-hydrogen) atoms. The Labute approximate surface area is 104 Å². The van der Waals surface area contributed by atoms with Crippen molar-refractivity contribution in [1.29, 1.82) is 0 Å². The van der Waals surface area contributed by atoms with Crippen LogP contribution in [0.25, 0.3) is 0 Å². The first-order valence-corrected chi connectivity index (χ1v) is 6.53. The molecule has 2 rings (SSSR count). The predicted octanol–water partition coefficient (Wildman–Crippen LogP) is 3.11. The van der Waals surface area contributed by atoms with E-state index in [1.54, 1.807) is 0 Å². The van der Waals surface area contributed by atoms with Crippen molar-refractivity contribution in [2.45, 2.75) is 45.1 Å². The summed E-state index contributed by atoms with van der Waals surface area (Å²) in [5, 5.41) is 3.37. The minimum absolute atomic E-state index is 0.185. The van der Waals surface area contributed by atoms with E-state index in [1.165, 1.54) is 12.0 Å². The summed E-state index contributed by atoms with van der Waals surface area (Å²) in [5.74, 6) is 1.01. The lowest BCUT2D eigenvalue weighted by atomic mass is 9.87. The molecule has 0 amide bonds. The average molecular weight is 233 g/mol. The first-order valence-electron chi connectivity index (χ1n) is 6.53. The summed E-state index contributed by atoms with van der Waals surface area (Å²) in [6, 6.07) is 8.50. The number of hydrogen-bond acceptors (Lipinski definition) is 2. The molecule has 0 aromatic heterocycles. The maximum absolute atomic E-state index is 6.03. The molecule has 1 atom stereocenters. The van der Waals surface area contributed by atoms with E-state index in [-0.39, 0.29) is 5.41 Å². The van der Waals surface area contributed by atoms with Crippen LogP contribution in [-0.4, -0.2) is 19.2 Å². The molecule has 1 heterocycles. The highest BCUT2D eigenvalue weighted by Crippen LogP contribution is 2.26. The van der Waals surface area contributed by atoms with Crippen LogP contribution in [0.2, 0.25) is 0 Å². The summed E-state index contributed by atoms with van der Waals surface area (Å²) < 4.78 is 6.03. The second-order valence-electron chi connectivity index (χ2n) is 5.86. The summed E-state index contributed by atoms with van der Waals surface area (Å²) in [4.78, 5) is 0. The van der Waals surface area contributed by atoms with Crippen LogP contribution in [0.5, 0.6) is 5.75 Å². The zero-order valence-corrected chi connectivity index (χ0v) is 11.1. The Morgan fingerprint density at radius 2 is 2.12 bits per heavy atom. The lowest BCUT2D eigenvalue weighted by Crippen LogP contribution is -2.37. The van der Waals surface area contributed by atoms with Gasteiger partial charge in [-0.15, -0.1) is 0 Å². The first-order chi connectivity index (χ1) is 8.05. The van der Waals surface area contributed by atoms with Gasteiger partial charge < -0.3 is 10.1 Å². The molecule has 0 bridgehead atoms. The quantitative estimate of drug-likeness (QED) is 0.847. The van der Waals surface area contributed by atoms with Gasteiger partial charge in [0.05, 0.1) is 0 Å². The van der Waals surface area contributed by atoms with Crippen LogP contribution >= 0.6 is 0 Å². The van der Waals surface area contributed by atoms with Gasteiger partial charge in [-0.25, -0.2) is 0 Å². The Hall–Kier alpha value is -1.02. The van der Waals surface area contributed by atoms with Crippen LogP contribution < -0.4 is 10.1 Å². The topological polar surface area (TPSA) is 21.3 Å². The summed E-state index contributed by atoms with van der Waals surface area (Å²) in [7, 11) is 0. The molecule has 1 aliphatic heterocycles. The molecular weight excluding hydrogens is 210 g/mol. The van der Waals surface area contributed by atoms with E-state index < -0.39 is 0 Å². The van der Waals surface area contributed by atoms with Gasteiger partial charge in [-0.1, -0.05) is 32.9 Å². The van der Waals surface area contributed by atoms with Crippen molar-refractivity contribution in [2.24, 2.45) is 0 Å². The molecule has 1 N–H and O–H groups in total. The van der Waals surface area contributed by atoms with E-state index in [9.17, 15) is 0 Å². The third-order valence-corrected chi connectivity index (χ3v) is 3.25. The second kappa shape index (κ2) is 5.09. The molecule has 0 radical (unpaired) electrons. The van der Waals surface area contributed by atoms with Gasteiger partial charge in [0.1, 0.15) is 11.9 Å². The minimum Gasteiger partial charge on any atom is -0.489 e. The standard InChI is InChI=1S/C15H23NO/c1-15(2,3)12-6-4-7-13(10-12)17-14-8-5-9-16-11-14/h4,6-7,10,14,16H,5,8-9,11H2,1-3H3/t14-/m1/s1. The smallest absolute Gasteiger partial charge is 0.120 e. The Morgan fingerprint density at radius 1 is 1.29 bits per heavy atom. The first kappa shape index (κ1) is 12.4. The van der Waals surface area contributed by atoms with Crippen molar-refractivity contribution >= 4 is 0 Å². The van der Waals surface area contributed by atoms with Gasteiger partial charge in [-0.2, -0.15) is 0 Å². The summed E-state index contributed by atoms with van der Waals surface area (Å²) >= 11 is 0. The highest BCUT2D eigenvalue weighted by Gasteiger charge is 2.17. The summed E-state index contributed by atoms with van der Waals surface area (Å²) in [6.07, 6.45) is 2.70. The fraction of sp³-hybridized carbons (Fsp3) is 0.600. The molecule has 0 spiro atoms. The largest absolute Gasteiger partial charge is 0.489 e. The van der Waals surface area contributed by atoms with Gasteiger partial charge >= 0.3 is 0 Å². The van der Waals surface area contributed by atoms with Gasteiger partial charge in [0, 0.05) is 6.54 Å². The van der Waals surface area contributed by atoms with E-state index in [0.717, 1.165) is 25.3 Å². The fourth-order valence-corrected chi connectivity index (χ4v) is 2.15. The SMILES string of the molecule is CC(C)(C)c1cccc(O[C@@H]2CCCNC2)c1. The Kier molecular flexibility index (Phi) is 3.72. The highest BCUT2D eigenvalue weighted by molar-refractivity contribution is 5.32. The van der Waals surface area contributed by atoms with Crippen LogP contribution in [0, 0.1) is 0 Å². The number of nitrogens with one attached hydrogen (secondary N) is 1. The van der Waals surface area contributed by atoms with Crippen LogP contribution in [0.1, 0.15) is 39.2 Å². The van der Waals surface area contributed by atoms with Crippen LogP contribution in [0.15, 0.2) is 24.3 Å². The Balaban J connectivity index is 2.05. The number of benzene rings is 1. The maximum atomic E-state index is 6.03. The van der Waals surface area contributed by atoms with Crippen molar-refractivity contribution in [1.82, 2.24) is 5.32 Å². The fourth-order valence-electron chi connectivity index (χ4n) is 2.15. The van der Waals surface area contributed by atoms with Crippen molar-refractivity contribution < 1.29 is 4.74 Å². The number of ether oxygens (including phenoxy) is 1. The van der Waals surface area contributed by atoms with Crippen LogP contribution in [-0.2, 0) is 5.41 Å². The highest BCUT2D eigenvalue weighted by atomic mass is 16.5. The van der Waals surface area contributed by atoms with Gasteiger partial charge in [0.25, 0.3) is 0 Å². The van der Waals surface area contributed by atoms with Crippen molar-refractivity contribution in [3.05, 3.63) is 29.8 Å². The number of piperidine rings is 1. The molecule has 1 aromatic rings. The molecule has 2 nitrogen and oxygen atoms in total. The molecule has 1 aromatic carbocycles. The lowest BCUT2D eigenvalue weighted by molar-refractivity contribution is 0.167. The van der Waals surface area contributed by atoms with Crippen LogP contribution in [0.4, 0.5) is 0 Å². The van der Waals surface area contributed by atoms with Crippen molar-refractivity contribution in [3.63, 3.8) is 0 Å².